The maximum absolute atomic E-state index is 10.1. The van der Waals surface area contributed by atoms with Gasteiger partial charge in [-0.25, -0.2) is 0 Å². The normalized spacial score (nSPS) is 24.0. The van der Waals surface area contributed by atoms with Crippen LogP contribution < -0.4 is 0 Å². The first kappa shape index (κ1) is 35.4. The number of aliphatic hydroxyl groups excluding tert-OH is 2. The first-order chi connectivity index (χ1) is 19.6. The van der Waals surface area contributed by atoms with Crippen LogP contribution in [0.3, 0.4) is 0 Å². The molecule has 0 radical (unpaired) electrons. The Morgan fingerprint density at radius 3 is 1.95 bits per heavy atom. The van der Waals surface area contributed by atoms with Crippen molar-refractivity contribution in [3.63, 3.8) is 0 Å². The van der Waals surface area contributed by atoms with Gasteiger partial charge in [0, 0.05) is 27.9 Å². The van der Waals surface area contributed by atoms with E-state index in [1.165, 1.54) is 33.4 Å². The summed E-state index contributed by atoms with van der Waals surface area (Å²) in [5.41, 5.74) is 8.33. The monoisotopic (exact) mass is 568 g/mol. The standard InChI is InChI=1S/C40H56O2/c1-29(17-13-19-31(3)21-23-37-33(5)25-35(41)27-39(37,7)8)15-11-12-16-30(2)18-14-20-32(4)22-24-38-34(6)26-36(42)28-40(38,9)10/h11-13,15-17,19,32,35-36,41-42H,14,18,20,25-28H2,1-10H3/b12-11+,17-13+,29-15+,30-16+,31-19+/t32?,35-,36-/m1/s1. The first-order valence-corrected chi connectivity index (χ1v) is 15.8. The molecule has 2 N–H and O–H groups in total. The van der Waals surface area contributed by atoms with Gasteiger partial charge in [0.2, 0.25) is 0 Å². The van der Waals surface area contributed by atoms with Crippen LogP contribution >= 0.6 is 0 Å². The fourth-order valence-electron chi connectivity index (χ4n) is 6.21. The highest BCUT2D eigenvalue weighted by Crippen LogP contribution is 2.40. The average molecular weight is 569 g/mol. The van der Waals surface area contributed by atoms with Gasteiger partial charge in [0.15, 0.2) is 0 Å². The van der Waals surface area contributed by atoms with Crippen LogP contribution in [0.25, 0.3) is 0 Å². The summed E-state index contributed by atoms with van der Waals surface area (Å²) in [6, 6.07) is 0. The Bertz CT molecular complexity index is 1290. The summed E-state index contributed by atoms with van der Waals surface area (Å²) in [5.74, 6) is 14.0. The second-order valence-electron chi connectivity index (χ2n) is 14.0. The van der Waals surface area contributed by atoms with Crippen molar-refractivity contribution in [3.8, 4) is 23.7 Å². The van der Waals surface area contributed by atoms with E-state index in [0.29, 0.717) is 5.92 Å². The van der Waals surface area contributed by atoms with Crippen LogP contribution in [0.4, 0.5) is 0 Å². The minimum atomic E-state index is -0.257. The maximum atomic E-state index is 10.1. The Balaban J connectivity index is 1.83. The third-order valence-electron chi connectivity index (χ3n) is 8.38. The summed E-state index contributed by atoms with van der Waals surface area (Å²) >= 11 is 0. The maximum Gasteiger partial charge on any atom is 0.0586 e. The minimum absolute atomic E-state index is 0.0387. The Labute approximate surface area is 258 Å². The smallest absolute Gasteiger partial charge is 0.0586 e. The molecule has 0 aromatic carbocycles. The zero-order chi connectivity index (χ0) is 31.5. The summed E-state index contributed by atoms with van der Waals surface area (Å²) in [6.07, 6.45) is 20.6. The van der Waals surface area contributed by atoms with Crippen molar-refractivity contribution in [3.05, 3.63) is 81.5 Å². The second-order valence-corrected chi connectivity index (χ2v) is 14.0. The van der Waals surface area contributed by atoms with Gasteiger partial charge in [-0.2, -0.15) is 0 Å². The van der Waals surface area contributed by atoms with E-state index in [2.05, 4.69) is 129 Å². The van der Waals surface area contributed by atoms with Crippen LogP contribution in [0.1, 0.15) is 114 Å². The Morgan fingerprint density at radius 2 is 1.38 bits per heavy atom. The predicted molar refractivity (Wildman–Crippen MR) is 182 cm³/mol. The Hall–Kier alpha value is -2.78. The summed E-state index contributed by atoms with van der Waals surface area (Å²) < 4.78 is 0. The van der Waals surface area contributed by atoms with E-state index in [1.54, 1.807) is 0 Å². The highest BCUT2D eigenvalue weighted by atomic mass is 16.3. The van der Waals surface area contributed by atoms with E-state index in [0.717, 1.165) is 50.5 Å². The fraction of sp³-hybridized carbons (Fsp3) is 0.550. The average Bonchev–Trinajstić information content (AvgIpc) is 2.84. The number of hydrogen-bond acceptors (Lipinski definition) is 2. The molecule has 0 fully saturated rings. The minimum Gasteiger partial charge on any atom is -0.393 e. The number of rotatable bonds is 8. The molecule has 3 atom stereocenters. The van der Waals surface area contributed by atoms with Gasteiger partial charge in [-0.3, -0.25) is 0 Å². The van der Waals surface area contributed by atoms with Crippen LogP contribution in [0.2, 0.25) is 0 Å². The molecule has 2 rings (SSSR count). The number of allylic oxidation sites excluding steroid dienone is 12. The van der Waals surface area contributed by atoms with E-state index in [1.807, 2.05) is 6.92 Å². The molecule has 0 aliphatic heterocycles. The third kappa shape index (κ3) is 11.8. The summed E-state index contributed by atoms with van der Waals surface area (Å²) in [6.45, 7) is 21.5. The highest BCUT2D eigenvalue weighted by molar-refractivity contribution is 5.45. The molecule has 42 heavy (non-hydrogen) atoms. The molecule has 0 saturated heterocycles. The van der Waals surface area contributed by atoms with Crippen LogP contribution in [0, 0.1) is 40.4 Å². The molecule has 0 saturated carbocycles. The van der Waals surface area contributed by atoms with Crippen molar-refractivity contribution >= 4 is 0 Å². The van der Waals surface area contributed by atoms with E-state index >= 15 is 0 Å². The Kier molecular flexibility index (Phi) is 13.6. The molecule has 2 heteroatoms. The van der Waals surface area contributed by atoms with E-state index in [4.69, 9.17) is 0 Å². The first-order valence-electron chi connectivity index (χ1n) is 15.8. The summed E-state index contributed by atoms with van der Waals surface area (Å²) in [7, 11) is 0. The van der Waals surface area contributed by atoms with Gasteiger partial charge in [0.25, 0.3) is 0 Å². The summed E-state index contributed by atoms with van der Waals surface area (Å²) in [4.78, 5) is 0. The van der Waals surface area contributed by atoms with Gasteiger partial charge in [0.1, 0.15) is 0 Å². The fourth-order valence-corrected chi connectivity index (χ4v) is 6.21. The zero-order valence-electron chi connectivity index (χ0n) is 28.1. The highest BCUT2D eigenvalue weighted by Gasteiger charge is 2.33. The van der Waals surface area contributed by atoms with Gasteiger partial charge < -0.3 is 10.2 Å². The van der Waals surface area contributed by atoms with Crippen molar-refractivity contribution in [1.82, 2.24) is 0 Å². The van der Waals surface area contributed by atoms with E-state index in [-0.39, 0.29) is 23.0 Å². The lowest BCUT2D eigenvalue weighted by Gasteiger charge is -2.34. The molecule has 2 aliphatic rings. The SMILES string of the molecule is CC1=C(C#C/C(C)=C/C=C/C(C)=C/C=C/C=C(\C)CCCC(C)C#CC2=C(C)C[C@@H](O)CC2(C)C)C(C)(C)C[C@H](O)C1. The predicted octanol–water partition coefficient (Wildman–Crippen LogP) is 9.75. The van der Waals surface area contributed by atoms with Crippen molar-refractivity contribution in [2.45, 2.75) is 126 Å². The van der Waals surface area contributed by atoms with Crippen molar-refractivity contribution in [2.75, 3.05) is 0 Å². The van der Waals surface area contributed by atoms with Crippen molar-refractivity contribution < 1.29 is 10.2 Å². The molecule has 0 spiro atoms. The van der Waals surface area contributed by atoms with Crippen LogP contribution in [-0.4, -0.2) is 22.4 Å². The van der Waals surface area contributed by atoms with Gasteiger partial charge >= 0.3 is 0 Å². The molecule has 0 aromatic rings. The zero-order valence-corrected chi connectivity index (χ0v) is 28.1. The van der Waals surface area contributed by atoms with Gasteiger partial charge in [-0.1, -0.05) is 123 Å². The molecule has 1 unspecified atom stereocenters. The number of hydrogen-bond donors (Lipinski definition) is 2. The molecule has 2 aliphatic carbocycles. The Morgan fingerprint density at radius 1 is 0.833 bits per heavy atom. The van der Waals surface area contributed by atoms with Crippen molar-refractivity contribution in [2.24, 2.45) is 16.7 Å². The van der Waals surface area contributed by atoms with Crippen LogP contribution in [-0.2, 0) is 0 Å². The molecule has 0 heterocycles. The topological polar surface area (TPSA) is 40.5 Å². The largest absolute Gasteiger partial charge is 0.393 e. The molecule has 0 amide bonds. The van der Waals surface area contributed by atoms with E-state index in [9.17, 15) is 10.2 Å². The van der Waals surface area contributed by atoms with E-state index < -0.39 is 0 Å². The lowest BCUT2D eigenvalue weighted by Crippen LogP contribution is -2.28. The quantitative estimate of drug-likeness (QED) is 0.226. The molecule has 0 bridgehead atoms. The molecule has 2 nitrogen and oxygen atoms in total. The van der Waals surface area contributed by atoms with Gasteiger partial charge in [-0.05, 0) is 85.1 Å². The third-order valence-corrected chi connectivity index (χ3v) is 8.38. The van der Waals surface area contributed by atoms with Crippen molar-refractivity contribution in [1.29, 1.82) is 0 Å². The molecule has 228 valence electrons. The lowest BCUT2D eigenvalue weighted by atomic mass is 9.72. The van der Waals surface area contributed by atoms with Gasteiger partial charge in [-0.15, -0.1) is 0 Å². The van der Waals surface area contributed by atoms with Crippen LogP contribution in [0.5, 0.6) is 0 Å². The molecular formula is C40H56O2. The molecule has 0 aromatic heterocycles. The molecular weight excluding hydrogens is 512 g/mol. The second kappa shape index (κ2) is 16.2. The van der Waals surface area contributed by atoms with Gasteiger partial charge in [0.05, 0.1) is 12.2 Å². The lowest BCUT2D eigenvalue weighted by molar-refractivity contribution is 0.116. The number of aliphatic hydroxyl groups is 2. The summed E-state index contributed by atoms with van der Waals surface area (Å²) in [5, 5.41) is 20.2. The van der Waals surface area contributed by atoms with Crippen LogP contribution in [0.15, 0.2) is 81.5 Å².